The van der Waals surface area contributed by atoms with E-state index in [1.54, 1.807) is 37.4 Å². The molecule has 1 saturated heterocycles. The molecule has 7 heteroatoms. The molecule has 0 spiro atoms. The van der Waals surface area contributed by atoms with Gasteiger partial charge in [0, 0.05) is 0 Å². The Balaban J connectivity index is 1.85. The van der Waals surface area contributed by atoms with Gasteiger partial charge in [0.25, 0.3) is 11.8 Å². The maximum absolute atomic E-state index is 12.6. The lowest BCUT2D eigenvalue weighted by molar-refractivity contribution is -0.130. The first-order valence-corrected chi connectivity index (χ1v) is 8.07. The molecule has 0 saturated carbocycles. The van der Waals surface area contributed by atoms with Crippen LogP contribution in [0.3, 0.4) is 0 Å². The number of rotatable bonds is 4. The van der Waals surface area contributed by atoms with Crippen molar-refractivity contribution in [1.29, 1.82) is 0 Å². The normalized spacial score (nSPS) is 16.5. The zero-order chi connectivity index (χ0) is 17.1. The van der Waals surface area contributed by atoms with E-state index >= 15 is 0 Å². The lowest BCUT2D eigenvalue weighted by Crippen LogP contribution is -2.53. The molecular weight excluding hydrogens is 328 g/mol. The van der Waals surface area contributed by atoms with Crippen molar-refractivity contribution in [2.24, 2.45) is 0 Å². The van der Waals surface area contributed by atoms with Crippen LogP contribution < -0.4 is 10.1 Å². The van der Waals surface area contributed by atoms with Crippen LogP contribution in [0.5, 0.6) is 5.75 Å². The van der Waals surface area contributed by atoms with Gasteiger partial charge in [0.2, 0.25) is 0 Å². The Morgan fingerprint density at radius 3 is 2.54 bits per heavy atom. The second-order valence-electron chi connectivity index (χ2n) is 5.11. The van der Waals surface area contributed by atoms with Crippen molar-refractivity contribution < 1.29 is 19.1 Å². The molecule has 1 aliphatic rings. The van der Waals surface area contributed by atoms with Crippen molar-refractivity contribution in [2.75, 3.05) is 7.11 Å². The first-order valence-electron chi connectivity index (χ1n) is 7.12. The van der Waals surface area contributed by atoms with Crippen molar-refractivity contribution >= 4 is 35.3 Å². The third-order valence-electron chi connectivity index (χ3n) is 3.54. The summed E-state index contributed by atoms with van der Waals surface area (Å²) in [6.07, 6.45) is 1.49. The monoisotopic (exact) mass is 342 g/mol. The number of amides is 4. The smallest absolute Gasteiger partial charge is 0.331 e. The number of thiophene rings is 1. The molecule has 3 rings (SSSR count). The Bertz CT molecular complexity index is 810. The van der Waals surface area contributed by atoms with E-state index in [1.807, 2.05) is 10.8 Å². The van der Waals surface area contributed by atoms with E-state index < -0.39 is 17.8 Å². The summed E-state index contributed by atoms with van der Waals surface area (Å²) in [5, 5.41) is 5.87. The molecule has 2 heterocycles. The van der Waals surface area contributed by atoms with E-state index in [4.69, 9.17) is 4.74 Å². The molecule has 4 amide bonds. The third-order valence-corrected chi connectivity index (χ3v) is 4.24. The minimum atomic E-state index is -0.719. The summed E-state index contributed by atoms with van der Waals surface area (Å²) in [5.41, 5.74) is 1.45. The SMILES string of the molecule is COc1ccc(CN2C(=O)NC(=O)/C(=C/c3ccsc3)C2=O)cc1. The number of nitrogens with one attached hydrogen (secondary N) is 1. The molecule has 1 aromatic carbocycles. The summed E-state index contributed by atoms with van der Waals surface area (Å²) in [4.78, 5) is 37.5. The molecule has 0 bridgehead atoms. The van der Waals surface area contributed by atoms with Gasteiger partial charge in [0.15, 0.2) is 0 Å². The summed E-state index contributed by atoms with van der Waals surface area (Å²) >= 11 is 1.46. The molecule has 0 atom stereocenters. The van der Waals surface area contributed by atoms with Crippen molar-refractivity contribution in [2.45, 2.75) is 6.54 Å². The molecule has 1 aromatic heterocycles. The van der Waals surface area contributed by atoms with Gasteiger partial charge in [0.1, 0.15) is 11.3 Å². The number of hydrogen-bond donors (Lipinski definition) is 1. The highest BCUT2D eigenvalue weighted by molar-refractivity contribution is 7.08. The molecule has 1 aliphatic heterocycles. The highest BCUT2D eigenvalue weighted by Gasteiger charge is 2.35. The van der Waals surface area contributed by atoms with Gasteiger partial charge in [-0.15, -0.1) is 0 Å². The second-order valence-corrected chi connectivity index (χ2v) is 5.89. The predicted octanol–water partition coefficient (Wildman–Crippen LogP) is 2.42. The van der Waals surface area contributed by atoms with Crippen LogP contribution in [0.1, 0.15) is 11.1 Å². The highest BCUT2D eigenvalue weighted by atomic mass is 32.1. The number of ether oxygens (including phenoxy) is 1. The van der Waals surface area contributed by atoms with E-state index in [0.717, 1.165) is 16.0 Å². The van der Waals surface area contributed by atoms with Crippen molar-refractivity contribution in [3.63, 3.8) is 0 Å². The Labute approximate surface area is 142 Å². The number of benzene rings is 1. The summed E-state index contributed by atoms with van der Waals surface area (Å²) in [5.74, 6) is -0.602. The second kappa shape index (κ2) is 6.67. The van der Waals surface area contributed by atoms with Crippen LogP contribution in [-0.2, 0) is 16.1 Å². The Kier molecular flexibility index (Phi) is 4.43. The van der Waals surface area contributed by atoms with Crippen LogP contribution in [0.15, 0.2) is 46.7 Å². The summed E-state index contributed by atoms with van der Waals surface area (Å²) in [6.45, 7) is 0.0723. The molecule has 122 valence electrons. The van der Waals surface area contributed by atoms with Crippen LogP contribution in [0.2, 0.25) is 0 Å². The highest BCUT2D eigenvalue weighted by Crippen LogP contribution is 2.19. The van der Waals surface area contributed by atoms with Crippen LogP contribution in [0.25, 0.3) is 6.08 Å². The van der Waals surface area contributed by atoms with Crippen LogP contribution in [-0.4, -0.2) is 29.9 Å². The number of imide groups is 2. The lowest BCUT2D eigenvalue weighted by atomic mass is 10.1. The molecule has 0 aliphatic carbocycles. The summed E-state index contributed by atoms with van der Waals surface area (Å²) < 4.78 is 5.08. The zero-order valence-corrected chi connectivity index (χ0v) is 13.6. The molecule has 6 nitrogen and oxygen atoms in total. The van der Waals surface area contributed by atoms with E-state index in [2.05, 4.69) is 5.32 Å². The van der Waals surface area contributed by atoms with Crippen LogP contribution in [0.4, 0.5) is 4.79 Å². The van der Waals surface area contributed by atoms with Gasteiger partial charge in [-0.2, -0.15) is 11.3 Å². The van der Waals surface area contributed by atoms with E-state index in [1.165, 1.54) is 17.4 Å². The average molecular weight is 342 g/mol. The average Bonchev–Trinajstić information content (AvgIpc) is 3.09. The number of carbonyl (C=O) groups is 3. The Morgan fingerprint density at radius 1 is 1.17 bits per heavy atom. The summed E-state index contributed by atoms with van der Waals surface area (Å²) in [7, 11) is 1.56. The molecule has 1 fully saturated rings. The largest absolute Gasteiger partial charge is 0.497 e. The minimum Gasteiger partial charge on any atom is -0.497 e. The standard InChI is InChI=1S/C17H14N2O4S/c1-23-13-4-2-11(3-5-13)9-19-16(21)14(15(20)18-17(19)22)8-12-6-7-24-10-12/h2-8,10H,9H2,1H3,(H,18,20,22)/b14-8-. The molecule has 2 aromatic rings. The number of nitrogens with zero attached hydrogens (tertiary/aromatic N) is 1. The fourth-order valence-corrected chi connectivity index (χ4v) is 2.89. The van der Waals surface area contributed by atoms with Crippen molar-refractivity contribution in [3.05, 3.63) is 57.8 Å². The van der Waals surface area contributed by atoms with Gasteiger partial charge < -0.3 is 4.74 Å². The number of methoxy groups -OCH3 is 1. The predicted molar refractivity (Wildman–Crippen MR) is 89.4 cm³/mol. The van der Waals surface area contributed by atoms with Gasteiger partial charge in [-0.3, -0.25) is 19.8 Å². The van der Waals surface area contributed by atoms with Crippen LogP contribution >= 0.6 is 11.3 Å². The Morgan fingerprint density at radius 2 is 1.92 bits per heavy atom. The Hall–Kier alpha value is -2.93. The number of hydrogen-bond acceptors (Lipinski definition) is 5. The van der Waals surface area contributed by atoms with Gasteiger partial charge in [-0.05, 0) is 46.2 Å². The van der Waals surface area contributed by atoms with E-state index in [-0.39, 0.29) is 12.1 Å². The van der Waals surface area contributed by atoms with Crippen molar-refractivity contribution in [3.8, 4) is 5.75 Å². The maximum Gasteiger partial charge on any atom is 0.331 e. The third kappa shape index (κ3) is 3.21. The fourth-order valence-electron chi connectivity index (χ4n) is 2.27. The van der Waals surface area contributed by atoms with Gasteiger partial charge in [-0.1, -0.05) is 12.1 Å². The number of urea groups is 1. The van der Waals surface area contributed by atoms with Gasteiger partial charge >= 0.3 is 6.03 Å². The maximum atomic E-state index is 12.6. The first-order chi connectivity index (χ1) is 11.6. The molecule has 24 heavy (non-hydrogen) atoms. The topological polar surface area (TPSA) is 75.7 Å². The number of carbonyl (C=O) groups excluding carboxylic acids is 3. The first kappa shape index (κ1) is 15.9. The quantitative estimate of drug-likeness (QED) is 0.684. The fraction of sp³-hybridized carbons (Fsp3) is 0.118. The van der Waals surface area contributed by atoms with Crippen LogP contribution in [0, 0.1) is 0 Å². The zero-order valence-electron chi connectivity index (χ0n) is 12.8. The van der Waals surface area contributed by atoms with E-state index in [9.17, 15) is 14.4 Å². The van der Waals surface area contributed by atoms with Gasteiger partial charge in [0.05, 0.1) is 13.7 Å². The summed E-state index contributed by atoms with van der Waals surface area (Å²) in [6, 6.07) is 8.09. The van der Waals surface area contributed by atoms with E-state index in [0.29, 0.717) is 5.75 Å². The minimum absolute atomic E-state index is 0.0542. The molecule has 0 radical (unpaired) electrons. The lowest BCUT2D eigenvalue weighted by Gasteiger charge is -2.26. The molecule has 0 unspecified atom stereocenters. The molecular formula is C17H14N2O4S. The van der Waals surface area contributed by atoms with Gasteiger partial charge in [-0.25, -0.2) is 4.79 Å². The molecule has 1 N–H and O–H groups in total. The number of barbiturate groups is 1. The van der Waals surface area contributed by atoms with Crippen molar-refractivity contribution in [1.82, 2.24) is 10.2 Å².